The number of ketones is 1. The Labute approximate surface area is 209 Å². The third-order valence-corrected chi connectivity index (χ3v) is 6.56. The van der Waals surface area contributed by atoms with Crippen LogP contribution in [-0.4, -0.2) is 35.6 Å². The van der Waals surface area contributed by atoms with E-state index in [9.17, 15) is 9.59 Å². The first-order valence-corrected chi connectivity index (χ1v) is 12.4. The maximum absolute atomic E-state index is 13.5. The van der Waals surface area contributed by atoms with Gasteiger partial charge in [-0.2, -0.15) is 0 Å². The predicted molar refractivity (Wildman–Crippen MR) is 139 cm³/mol. The first-order valence-electron chi connectivity index (χ1n) is 11.6. The summed E-state index contributed by atoms with van der Waals surface area (Å²) >= 11 is 1.05. The molecule has 0 saturated carbocycles. The zero-order valence-electron chi connectivity index (χ0n) is 20.7. The van der Waals surface area contributed by atoms with Crippen molar-refractivity contribution in [3.8, 4) is 5.75 Å². The summed E-state index contributed by atoms with van der Waals surface area (Å²) in [6.45, 7) is 11.0. The highest BCUT2D eigenvalue weighted by molar-refractivity contribution is 7.96. The first kappa shape index (κ1) is 25.1. The summed E-state index contributed by atoms with van der Waals surface area (Å²) in [7, 11) is 0. The van der Waals surface area contributed by atoms with Crippen molar-refractivity contribution < 1.29 is 19.1 Å². The van der Waals surface area contributed by atoms with E-state index < -0.39 is 17.1 Å². The fraction of sp³-hybridized carbons (Fsp3) is 0.385. The highest BCUT2D eigenvalue weighted by Gasteiger charge is 2.39. The normalized spacial score (nSPS) is 14.4. The van der Waals surface area contributed by atoms with Gasteiger partial charge in [-0.3, -0.25) is 9.52 Å². The Morgan fingerprint density at radius 3 is 2.66 bits per heavy atom. The van der Waals surface area contributed by atoms with Gasteiger partial charge < -0.3 is 20.2 Å². The Balaban J connectivity index is 1.43. The lowest BCUT2D eigenvalue weighted by Crippen LogP contribution is -2.31. The third kappa shape index (κ3) is 5.17. The van der Waals surface area contributed by atoms with Crippen LogP contribution >= 0.6 is 12.1 Å². The van der Waals surface area contributed by atoms with E-state index in [4.69, 9.17) is 15.2 Å². The molecule has 35 heavy (non-hydrogen) atoms. The van der Waals surface area contributed by atoms with Gasteiger partial charge >= 0.3 is 6.09 Å². The van der Waals surface area contributed by atoms with Gasteiger partial charge in [-0.15, -0.1) is 0 Å². The minimum absolute atomic E-state index is 0.0129. The monoisotopic (exact) mass is 496 g/mol. The van der Waals surface area contributed by atoms with Gasteiger partial charge in [0.15, 0.2) is 5.78 Å². The summed E-state index contributed by atoms with van der Waals surface area (Å²) in [5.41, 5.74) is 10.0. The molecule has 9 heteroatoms. The Hall–Kier alpha value is -3.01. The van der Waals surface area contributed by atoms with E-state index in [2.05, 4.69) is 28.3 Å². The maximum atomic E-state index is 13.5. The van der Waals surface area contributed by atoms with Crippen LogP contribution in [0.4, 0.5) is 4.79 Å². The molecular weight excluding hydrogens is 464 g/mol. The molecule has 186 valence electrons. The predicted octanol–water partition coefficient (Wildman–Crippen LogP) is 4.55. The maximum Gasteiger partial charge on any atom is 0.418 e. The number of carbonyl (C=O) groups excluding carboxylic acids is 2. The molecule has 0 fully saturated rings. The molecule has 1 aliphatic rings. The molecule has 1 heterocycles. The Bertz CT molecular complexity index is 1280. The number of hydrogen-bond acceptors (Lipinski definition) is 7. The third-order valence-electron chi connectivity index (χ3n) is 5.94. The molecule has 8 nitrogen and oxygen atoms in total. The fourth-order valence-corrected chi connectivity index (χ4v) is 4.69. The van der Waals surface area contributed by atoms with Crippen LogP contribution < -0.4 is 19.9 Å². The van der Waals surface area contributed by atoms with Crippen molar-refractivity contribution in [3.05, 3.63) is 64.3 Å². The zero-order valence-corrected chi connectivity index (χ0v) is 21.5. The van der Waals surface area contributed by atoms with Crippen LogP contribution in [0.15, 0.2) is 36.4 Å². The van der Waals surface area contributed by atoms with Gasteiger partial charge in [-0.05, 0) is 56.2 Å². The van der Waals surface area contributed by atoms with Crippen molar-refractivity contribution in [1.82, 2.24) is 14.4 Å². The summed E-state index contributed by atoms with van der Waals surface area (Å²) in [5.74, 6) is 0.695. The minimum atomic E-state index is -0.545. The number of fused-ring (bicyclic) bond motifs is 4. The summed E-state index contributed by atoms with van der Waals surface area (Å²) in [4.78, 5) is 28.6. The number of aromatic nitrogens is 1. The Morgan fingerprint density at radius 1 is 1.17 bits per heavy atom. The molecule has 1 aliphatic carbocycles. The standard InChI is InChI=1S/C26H32N4O4S/c1-25(2,3)34-24(32)30-35-28-10-11-33-16-7-9-17-19(13-16)26(4,5)23-21(22(17)31)18-8-6-15(14-27)12-20(18)29-23/h6-9,12-13,28-29H,10-11,14,27H2,1-5H3,(H,30,32). The molecule has 0 spiro atoms. The smallest absolute Gasteiger partial charge is 0.418 e. The summed E-state index contributed by atoms with van der Waals surface area (Å²) < 4.78 is 16.7. The van der Waals surface area contributed by atoms with Gasteiger partial charge in [0.1, 0.15) is 18.0 Å². The first-order chi connectivity index (χ1) is 16.5. The number of hydrogen-bond donors (Lipinski definition) is 4. The van der Waals surface area contributed by atoms with Crippen LogP contribution in [0, 0.1) is 0 Å². The van der Waals surface area contributed by atoms with Gasteiger partial charge in [-0.25, -0.2) is 9.52 Å². The summed E-state index contributed by atoms with van der Waals surface area (Å²) in [6.07, 6.45) is -0.506. The number of rotatable bonds is 7. The number of carbonyl (C=O) groups is 2. The van der Waals surface area contributed by atoms with Crippen molar-refractivity contribution in [2.75, 3.05) is 13.2 Å². The number of amides is 1. The number of benzene rings is 2. The largest absolute Gasteiger partial charge is 0.492 e. The van der Waals surface area contributed by atoms with Crippen molar-refractivity contribution in [2.45, 2.75) is 52.2 Å². The van der Waals surface area contributed by atoms with Crippen LogP contribution in [0.25, 0.3) is 10.9 Å². The van der Waals surface area contributed by atoms with Gasteiger partial charge in [0.05, 0.1) is 5.56 Å². The second kappa shape index (κ2) is 9.56. The molecular formula is C26H32N4O4S. The quantitative estimate of drug-likeness (QED) is 0.280. The van der Waals surface area contributed by atoms with Crippen LogP contribution in [-0.2, 0) is 16.7 Å². The lowest BCUT2D eigenvalue weighted by atomic mass is 9.71. The van der Waals surface area contributed by atoms with Crippen LogP contribution in [0.1, 0.15) is 67.4 Å². The zero-order chi connectivity index (χ0) is 25.4. The van der Waals surface area contributed by atoms with E-state index in [1.807, 2.05) is 57.2 Å². The molecule has 3 aromatic rings. The summed E-state index contributed by atoms with van der Waals surface area (Å²) in [5, 5.41) is 0.921. The molecule has 0 aliphatic heterocycles. The van der Waals surface area contributed by atoms with Crippen molar-refractivity contribution in [1.29, 1.82) is 0 Å². The highest BCUT2D eigenvalue weighted by Crippen LogP contribution is 2.44. The van der Waals surface area contributed by atoms with Crippen LogP contribution in [0.2, 0.25) is 0 Å². The number of ether oxygens (including phenoxy) is 2. The van der Waals surface area contributed by atoms with Gasteiger partial charge in [0.25, 0.3) is 0 Å². The molecule has 0 atom stereocenters. The van der Waals surface area contributed by atoms with E-state index >= 15 is 0 Å². The number of aromatic amines is 1. The molecule has 0 radical (unpaired) electrons. The van der Waals surface area contributed by atoms with Crippen LogP contribution in [0.3, 0.4) is 0 Å². The van der Waals surface area contributed by atoms with E-state index in [1.54, 1.807) is 0 Å². The molecule has 0 bridgehead atoms. The van der Waals surface area contributed by atoms with E-state index in [-0.39, 0.29) is 5.78 Å². The van der Waals surface area contributed by atoms with E-state index in [0.29, 0.717) is 31.0 Å². The molecule has 2 aromatic carbocycles. The molecule has 0 saturated heterocycles. The molecule has 5 N–H and O–H groups in total. The SMILES string of the molecule is CC(C)(C)OC(=O)NSNCCOc1ccc2c(c1)C(C)(C)c1[nH]c3cc(CN)ccc3c1C2=O. The van der Waals surface area contributed by atoms with Gasteiger partial charge in [-0.1, -0.05) is 26.0 Å². The lowest BCUT2D eigenvalue weighted by Gasteiger charge is -2.32. The van der Waals surface area contributed by atoms with Crippen molar-refractivity contribution in [2.24, 2.45) is 5.73 Å². The topological polar surface area (TPSA) is 118 Å². The van der Waals surface area contributed by atoms with Crippen molar-refractivity contribution >= 4 is 34.9 Å². The van der Waals surface area contributed by atoms with Gasteiger partial charge in [0, 0.05) is 52.8 Å². The Morgan fingerprint density at radius 2 is 1.94 bits per heavy atom. The lowest BCUT2D eigenvalue weighted by molar-refractivity contribution is 0.0574. The Kier molecular flexibility index (Phi) is 6.86. The average Bonchev–Trinajstić information content (AvgIpc) is 3.19. The number of H-pyrrole nitrogens is 1. The number of nitrogens with two attached hydrogens (primary N) is 1. The highest BCUT2D eigenvalue weighted by atomic mass is 32.2. The second-order valence-electron chi connectivity index (χ2n) is 10.1. The van der Waals surface area contributed by atoms with Gasteiger partial charge in [0.2, 0.25) is 0 Å². The average molecular weight is 497 g/mol. The van der Waals surface area contributed by atoms with E-state index in [1.165, 1.54) is 0 Å². The molecule has 4 rings (SSSR count). The second-order valence-corrected chi connectivity index (χ2v) is 10.8. The van der Waals surface area contributed by atoms with Crippen LogP contribution in [0.5, 0.6) is 5.75 Å². The fourth-order valence-electron chi connectivity index (χ4n) is 4.31. The molecule has 0 unspecified atom stereocenters. The number of nitrogens with one attached hydrogen (secondary N) is 3. The van der Waals surface area contributed by atoms with Crippen molar-refractivity contribution in [3.63, 3.8) is 0 Å². The summed E-state index contributed by atoms with van der Waals surface area (Å²) in [6, 6.07) is 11.6. The minimum Gasteiger partial charge on any atom is -0.492 e. The molecule has 1 amide bonds. The van der Waals surface area contributed by atoms with E-state index in [0.717, 1.165) is 45.4 Å². The molecule has 1 aromatic heterocycles.